The minimum atomic E-state index is -2.00. The van der Waals surface area contributed by atoms with Crippen molar-refractivity contribution in [2.24, 2.45) is 11.3 Å². The molecule has 0 aromatic carbocycles. The van der Waals surface area contributed by atoms with Crippen molar-refractivity contribution in [1.29, 1.82) is 0 Å². The quantitative estimate of drug-likeness (QED) is 0.227. The molecular weight excluding hydrogens is 528 g/mol. The van der Waals surface area contributed by atoms with Crippen molar-refractivity contribution < 1.29 is 57.5 Å². The van der Waals surface area contributed by atoms with E-state index in [1.165, 1.54) is 47.6 Å². The summed E-state index contributed by atoms with van der Waals surface area (Å²) >= 11 is 0. The molecule has 4 rings (SSSR count). The average molecular weight is 565 g/mol. The van der Waals surface area contributed by atoms with E-state index in [2.05, 4.69) is 0 Å². The van der Waals surface area contributed by atoms with Crippen LogP contribution < -0.4 is 0 Å². The van der Waals surface area contributed by atoms with Crippen LogP contribution in [0.2, 0.25) is 0 Å². The number of hydrogen-bond acceptors (Lipinski definition) is 12. The Morgan fingerprint density at radius 2 is 1.45 bits per heavy atom. The zero-order valence-electron chi connectivity index (χ0n) is 23.8. The second-order valence-corrected chi connectivity index (χ2v) is 11.6. The van der Waals surface area contributed by atoms with E-state index in [0.717, 1.165) is 0 Å². The van der Waals surface area contributed by atoms with Gasteiger partial charge in [-0.15, -0.1) is 0 Å². The lowest BCUT2D eigenvalue weighted by Gasteiger charge is -2.55. The molecule has 0 bridgehead atoms. The number of ether oxygens (including phenoxy) is 6. The smallest absolute Gasteiger partial charge is 0.342 e. The van der Waals surface area contributed by atoms with Crippen LogP contribution in [0.3, 0.4) is 0 Å². The topological polar surface area (TPSA) is 164 Å². The first kappa shape index (κ1) is 29.7. The van der Waals surface area contributed by atoms with E-state index >= 15 is 0 Å². The molecule has 0 amide bonds. The van der Waals surface area contributed by atoms with Gasteiger partial charge in [0.15, 0.2) is 17.3 Å². The van der Waals surface area contributed by atoms with Crippen LogP contribution in [0, 0.1) is 11.3 Å². The van der Waals surface area contributed by atoms with E-state index in [-0.39, 0.29) is 6.42 Å². The summed E-state index contributed by atoms with van der Waals surface area (Å²) in [5.41, 5.74) is -5.93. The van der Waals surface area contributed by atoms with Gasteiger partial charge in [0.25, 0.3) is 0 Å². The Labute approximate surface area is 231 Å². The maximum Gasteiger partial charge on any atom is 0.342 e. The number of rotatable bonds is 4. The molecular formula is C28H36O12. The molecule has 4 aliphatic rings. The molecule has 12 heteroatoms. The first-order valence-electron chi connectivity index (χ1n) is 13.1. The summed E-state index contributed by atoms with van der Waals surface area (Å²) in [6.45, 7) is 11.0. The summed E-state index contributed by atoms with van der Waals surface area (Å²) in [5.74, 6) is -4.71. The van der Waals surface area contributed by atoms with Crippen molar-refractivity contribution in [1.82, 2.24) is 0 Å². The van der Waals surface area contributed by atoms with E-state index in [1.807, 2.05) is 0 Å². The van der Waals surface area contributed by atoms with E-state index < -0.39 is 88.5 Å². The number of carbonyl (C=O) groups is 5. The summed E-state index contributed by atoms with van der Waals surface area (Å²) in [4.78, 5) is 62.4. The molecule has 2 heterocycles. The van der Waals surface area contributed by atoms with Gasteiger partial charge in [0.2, 0.25) is 0 Å². The van der Waals surface area contributed by atoms with Crippen LogP contribution in [-0.2, 0) is 52.4 Å². The van der Waals surface area contributed by atoms with Crippen LogP contribution in [0.15, 0.2) is 23.8 Å². The fourth-order valence-corrected chi connectivity index (χ4v) is 6.88. The Morgan fingerprint density at radius 3 is 1.98 bits per heavy atom. The predicted octanol–water partition coefficient (Wildman–Crippen LogP) is 1.46. The third-order valence-electron chi connectivity index (χ3n) is 8.46. The van der Waals surface area contributed by atoms with Crippen molar-refractivity contribution in [3.63, 3.8) is 0 Å². The molecule has 2 fully saturated rings. The highest BCUT2D eigenvalue weighted by molar-refractivity contribution is 5.89. The van der Waals surface area contributed by atoms with Gasteiger partial charge < -0.3 is 33.5 Å². The Kier molecular flexibility index (Phi) is 7.20. The molecule has 2 aliphatic heterocycles. The molecule has 2 saturated heterocycles. The van der Waals surface area contributed by atoms with Crippen molar-refractivity contribution in [3.8, 4) is 0 Å². The maximum atomic E-state index is 13.1. The third kappa shape index (κ3) is 4.50. The number of fused-ring (bicyclic) bond motifs is 1. The molecule has 220 valence electrons. The second-order valence-electron chi connectivity index (χ2n) is 11.6. The standard InChI is InChI=1S/C28H36O12/c1-13-11-18(35-14(2)29)22(37-16(4)31)25(6)10-9-19(36-15(3)30)26(7,34)21(25)23(38-17(5)32)28-20(12-13)39-24(33)27(28,8)40-28/h9-10,12,18-23,34H,11H2,1-8H3/t18-,19-,20+,21-,22+,23-,25+,26-,27+,28+/m1/s1. The van der Waals surface area contributed by atoms with E-state index in [4.69, 9.17) is 28.4 Å². The molecule has 0 saturated carbocycles. The van der Waals surface area contributed by atoms with Gasteiger partial charge in [0.05, 0.1) is 0 Å². The Balaban J connectivity index is 2.06. The Hall–Kier alpha value is -3.25. The largest absolute Gasteiger partial charge is 0.459 e. The van der Waals surface area contributed by atoms with Gasteiger partial charge in [-0.1, -0.05) is 18.6 Å². The Morgan fingerprint density at radius 1 is 0.900 bits per heavy atom. The lowest BCUT2D eigenvalue weighted by molar-refractivity contribution is -0.227. The normalized spacial score (nSPS) is 43.5. The third-order valence-corrected chi connectivity index (χ3v) is 8.46. The summed E-state index contributed by atoms with van der Waals surface area (Å²) in [6.07, 6.45) is -1.23. The lowest BCUT2D eigenvalue weighted by atomic mass is 9.55. The zero-order valence-corrected chi connectivity index (χ0v) is 23.8. The van der Waals surface area contributed by atoms with Gasteiger partial charge >= 0.3 is 29.8 Å². The second kappa shape index (κ2) is 9.69. The number of aliphatic hydroxyl groups is 1. The van der Waals surface area contributed by atoms with Gasteiger partial charge in [-0.05, 0) is 32.9 Å². The fourth-order valence-electron chi connectivity index (χ4n) is 6.88. The SMILES string of the molecule is CC(=O)O[C@@H]1[C@H]2[C@](C)(O)[C@H](OC(C)=O)C=C[C@]2(C)[C@@H](OC(C)=O)[C@H](OC(C)=O)CC(C)=C[C@@H]2OC(=O)[C@]3(C)O[C@@]213. The van der Waals surface area contributed by atoms with Crippen LogP contribution in [-0.4, -0.2) is 82.3 Å². The number of hydrogen-bond donors (Lipinski definition) is 1. The number of epoxide rings is 1. The van der Waals surface area contributed by atoms with Crippen LogP contribution >= 0.6 is 0 Å². The summed E-state index contributed by atoms with van der Waals surface area (Å²) in [7, 11) is 0. The highest BCUT2D eigenvalue weighted by atomic mass is 16.7. The summed E-state index contributed by atoms with van der Waals surface area (Å²) in [6, 6.07) is 0. The molecule has 0 unspecified atom stereocenters. The van der Waals surface area contributed by atoms with Gasteiger partial charge in [0, 0.05) is 45.4 Å². The summed E-state index contributed by atoms with van der Waals surface area (Å²) in [5, 5.41) is 12.2. The predicted molar refractivity (Wildman–Crippen MR) is 134 cm³/mol. The van der Waals surface area contributed by atoms with Crippen LogP contribution in [0.1, 0.15) is 61.8 Å². The van der Waals surface area contributed by atoms with Crippen LogP contribution in [0.4, 0.5) is 0 Å². The van der Waals surface area contributed by atoms with Crippen molar-refractivity contribution >= 4 is 29.8 Å². The lowest BCUT2D eigenvalue weighted by Crippen LogP contribution is -2.68. The minimum Gasteiger partial charge on any atom is -0.459 e. The first-order chi connectivity index (χ1) is 18.4. The molecule has 12 nitrogen and oxygen atoms in total. The highest BCUT2D eigenvalue weighted by Gasteiger charge is 2.88. The zero-order chi connectivity index (χ0) is 30.0. The van der Waals surface area contributed by atoms with E-state index in [1.54, 1.807) is 26.0 Å². The van der Waals surface area contributed by atoms with Crippen LogP contribution in [0.25, 0.3) is 0 Å². The van der Waals surface area contributed by atoms with Crippen molar-refractivity contribution in [2.75, 3.05) is 0 Å². The van der Waals surface area contributed by atoms with Crippen LogP contribution in [0.5, 0.6) is 0 Å². The summed E-state index contributed by atoms with van der Waals surface area (Å²) < 4.78 is 34.7. The number of esters is 5. The monoisotopic (exact) mass is 564 g/mol. The molecule has 40 heavy (non-hydrogen) atoms. The molecule has 1 N–H and O–H groups in total. The van der Waals surface area contributed by atoms with Gasteiger partial charge in [-0.3, -0.25) is 19.2 Å². The minimum absolute atomic E-state index is 0.0717. The van der Waals surface area contributed by atoms with Crippen molar-refractivity contribution in [2.45, 2.75) is 109 Å². The molecule has 1 spiro atoms. The maximum absolute atomic E-state index is 13.1. The molecule has 10 atom stereocenters. The average Bonchev–Trinajstić information content (AvgIpc) is 3.38. The van der Waals surface area contributed by atoms with Gasteiger partial charge in [0.1, 0.15) is 30.0 Å². The van der Waals surface area contributed by atoms with E-state index in [9.17, 15) is 29.1 Å². The molecule has 0 aromatic rings. The number of carbonyl (C=O) groups excluding carboxylic acids is 5. The van der Waals surface area contributed by atoms with Gasteiger partial charge in [-0.2, -0.15) is 0 Å². The van der Waals surface area contributed by atoms with E-state index in [0.29, 0.717) is 5.57 Å². The Bertz CT molecular complexity index is 1200. The fraction of sp³-hybridized carbons (Fsp3) is 0.679. The first-order valence-corrected chi connectivity index (χ1v) is 13.1. The molecule has 2 aliphatic carbocycles. The van der Waals surface area contributed by atoms with Gasteiger partial charge in [-0.25, -0.2) is 4.79 Å². The highest BCUT2D eigenvalue weighted by Crippen LogP contribution is 2.65. The van der Waals surface area contributed by atoms with Crippen molar-refractivity contribution in [3.05, 3.63) is 23.8 Å². The molecule has 0 radical (unpaired) electrons. The molecule has 0 aromatic heterocycles.